The van der Waals surface area contributed by atoms with E-state index in [1.165, 1.54) is 18.2 Å². The fourth-order valence-corrected chi connectivity index (χ4v) is 1.75. The number of aryl methyl sites for hydroxylation is 1. The molecule has 0 fully saturated rings. The minimum Gasteiger partial charge on any atom is -0.478 e. The smallest absolute Gasteiger partial charge is 0.337 e. The molecular formula is C14H13FN2O2. The van der Waals surface area contributed by atoms with Crippen molar-refractivity contribution in [3.63, 3.8) is 0 Å². The maximum atomic E-state index is 13.2. The standard InChI is InChI=1S/C14H13FN2O2/c1-8-5-6-9(15)7-12(8)17-13-10(14(18)19)3-2-4-11(13)16/h2-7,17H,16H2,1H3,(H,18,19). The van der Waals surface area contributed by atoms with Crippen LogP contribution in [0.2, 0.25) is 0 Å². The van der Waals surface area contributed by atoms with Crippen molar-refractivity contribution in [1.82, 2.24) is 0 Å². The van der Waals surface area contributed by atoms with Crippen molar-refractivity contribution >= 4 is 23.0 Å². The van der Waals surface area contributed by atoms with E-state index in [0.29, 0.717) is 11.4 Å². The van der Waals surface area contributed by atoms with Crippen LogP contribution in [0.15, 0.2) is 36.4 Å². The van der Waals surface area contributed by atoms with Gasteiger partial charge in [-0.25, -0.2) is 9.18 Å². The zero-order chi connectivity index (χ0) is 14.0. The average molecular weight is 260 g/mol. The summed E-state index contributed by atoms with van der Waals surface area (Å²) in [5.74, 6) is -1.50. The number of carboxylic acid groups (broad SMARTS) is 1. The molecule has 98 valence electrons. The van der Waals surface area contributed by atoms with Crippen LogP contribution in [0, 0.1) is 12.7 Å². The molecule has 2 rings (SSSR count). The van der Waals surface area contributed by atoms with E-state index in [4.69, 9.17) is 10.8 Å². The van der Waals surface area contributed by atoms with Gasteiger partial charge in [-0.3, -0.25) is 0 Å². The van der Waals surface area contributed by atoms with Gasteiger partial charge in [0, 0.05) is 5.69 Å². The molecule has 19 heavy (non-hydrogen) atoms. The quantitative estimate of drug-likeness (QED) is 0.741. The number of benzene rings is 2. The molecule has 2 aromatic rings. The summed E-state index contributed by atoms with van der Waals surface area (Å²) in [5.41, 5.74) is 7.66. The second-order valence-corrected chi connectivity index (χ2v) is 4.16. The molecule has 0 heterocycles. The fraction of sp³-hybridized carbons (Fsp3) is 0.0714. The predicted molar refractivity (Wildman–Crippen MR) is 72.2 cm³/mol. The van der Waals surface area contributed by atoms with E-state index >= 15 is 0 Å². The molecule has 4 N–H and O–H groups in total. The van der Waals surface area contributed by atoms with Crippen molar-refractivity contribution in [1.29, 1.82) is 0 Å². The third kappa shape index (κ3) is 2.65. The van der Waals surface area contributed by atoms with Gasteiger partial charge in [-0.1, -0.05) is 12.1 Å². The molecule has 0 bridgehead atoms. The van der Waals surface area contributed by atoms with E-state index in [9.17, 15) is 9.18 Å². The molecule has 0 saturated heterocycles. The van der Waals surface area contributed by atoms with Crippen molar-refractivity contribution < 1.29 is 14.3 Å². The molecule has 4 nitrogen and oxygen atoms in total. The Bertz CT molecular complexity index is 641. The Morgan fingerprint density at radius 3 is 2.74 bits per heavy atom. The molecule has 0 saturated carbocycles. The summed E-state index contributed by atoms with van der Waals surface area (Å²) in [6.07, 6.45) is 0. The minimum absolute atomic E-state index is 0.0451. The number of halogens is 1. The highest BCUT2D eigenvalue weighted by Crippen LogP contribution is 2.29. The van der Waals surface area contributed by atoms with Gasteiger partial charge in [-0.2, -0.15) is 0 Å². The number of hydrogen-bond acceptors (Lipinski definition) is 3. The van der Waals surface area contributed by atoms with Gasteiger partial charge in [0.1, 0.15) is 5.82 Å². The lowest BCUT2D eigenvalue weighted by atomic mass is 10.1. The third-order valence-corrected chi connectivity index (χ3v) is 2.79. The Morgan fingerprint density at radius 1 is 1.32 bits per heavy atom. The average Bonchev–Trinajstić information content (AvgIpc) is 2.35. The molecular weight excluding hydrogens is 247 g/mol. The summed E-state index contributed by atoms with van der Waals surface area (Å²) in [6.45, 7) is 1.79. The molecule has 2 aromatic carbocycles. The molecule has 5 heteroatoms. The predicted octanol–water partition coefficient (Wildman–Crippen LogP) is 3.16. The van der Waals surface area contributed by atoms with Crippen LogP contribution in [-0.2, 0) is 0 Å². The summed E-state index contributed by atoms with van der Waals surface area (Å²) >= 11 is 0. The van der Waals surface area contributed by atoms with Gasteiger partial charge in [0.15, 0.2) is 0 Å². The fourth-order valence-electron chi connectivity index (χ4n) is 1.75. The molecule has 0 spiro atoms. The minimum atomic E-state index is -1.09. The largest absolute Gasteiger partial charge is 0.478 e. The Morgan fingerprint density at radius 2 is 2.05 bits per heavy atom. The Balaban J connectivity index is 2.49. The van der Waals surface area contributed by atoms with E-state index in [2.05, 4.69) is 5.32 Å². The van der Waals surface area contributed by atoms with Crippen molar-refractivity contribution in [2.24, 2.45) is 0 Å². The maximum absolute atomic E-state index is 13.2. The van der Waals surface area contributed by atoms with E-state index in [0.717, 1.165) is 5.56 Å². The molecule has 0 atom stereocenters. The van der Waals surface area contributed by atoms with Gasteiger partial charge in [0.25, 0.3) is 0 Å². The first-order valence-electron chi connectivity index (χ1n) is 5.64. The van der Waals surface area contributed by atoms with E-state index in [1.807, 2.05) is 0 Å². The highest BCUT2D eigenvalue weighted by molar-refractivity contribution is 5.98. The van der Waals surface area contributed by atoms with E-state index in [1.54, 1.807) is 25.1 Å². The normalized spacial score (nSPS) is 10.2. The zero-order valence-electron chi connectivity index (χ0n) is 10.3. The summed E-state index contributed by atoms with van der Waals surface area (Å²) < 4.78 is 13.2. The van der Waals surface area contributed by atoms with Crippen LogP contribution in [0.1, 0.15) is 15.9 Å². The van der Waals surface area contributed by atoms with Crippen LogP contribution in [0.25, 0.3) is 0 Å². The van der Waals surface area contributed by atoms with Crippen molar-refractivity contribution in [3.05, 3.63) is 53.3 Å². The van der Waals surface area contributed by atoms with Crippen LogP contribution in [0.3, 0.4) is 0 Å². The topological polar surface area (TPSA) is 75.3 Å². The number of nitrogen functional groups attached to an aromatic ring is 1. The van der Waals surface area contributed by atoms with Crippen LogP contribution in [0.5, 0.6) is 0 Å². The maximum Gasteiger partial charge on any atom is 0.337 e. The molecule has 0 unspecified atom stereocenters. The first-order chi connectivity index (χ1) is 8.99. The van der Waals surface area contributed by atoms with E-state index < -0.39 is 11.8 Å². The van der Waals surface area contributed by atoms with Crippen LogP contribution in [0.4, 0.5) is 21.5 Å². The van der Waals surface area contributed by atoms with Gasteiger partial charge in [0.05, 0.1) is 16.9 Å². The van der Waals surface area contributed by atoms with Crippen LogP contribution < -0.4 is 11.1 Å². The number of nitrogens with one attached hydrogen (secondary N) is 1. The molecule has 0 aliphatic rings. The number of hydrogen-bond donors (Lipinski definition) is 3. The van der Waals surface area contributed by atoms with E-state index in [-0.39, 0.29) is 11.3 Å². The van der Waals surface area contributed by atoms with Crippen molar-refractivity contribution in [3.8, 4) is 0 Å². The number of rotatable bonds is 3. The number of anilines is 3. The highest BCUT2D eigenvalue weighted by Gasteiger charge is 2.13. The van der Waals surface area contributed by atoms with Gasteiger partial charge >= 0.3 is 5.97 Å². The van der Waals surface area contributed by atoms with Gasteiger partial charge < -0.3 is 16.2 Å². The Hall–Kier alpha value is -2.56. The van der Waals surface area contributed by atoms with Crippen molar-refractivity contribution in [2.45, 2.75) is 6.92 Å². The van der Waals surface area contributed by atoms with Gasteiger partial charge in [-0.15, -0.1) is 0 Å². The van der Waals surface area contributed by atoms with Gasteiger partial charge in [-0.05, 0) is 36.8 Å². The summed E-state index contributed by atoms with van der Waals surface area (Å²) in [4.78, 5) is 11.1. The lowest BCUT2D eigenvalue weighted by molar-refractivity contribution is 0.0698. The molecule has 0 aliphatic carbocycles. The highest BCUT2D eigenvalue weighted by atomic mass is 19.1. The summed E-state index contributed by atoms with van der Waals surface area (Å²) in [6, 6.07) is 8.83. The van der Waals surface area contributed by atoms with Crippen LogP contribution >= 0.6 is 0 Å². The number of carboxylic acids is 1. The molecule has 0 amide bonds. The summed E-state index contributed by atoms with van der Waals surface area (Å²) in [7, 11) is 0. The monoisotopic (exact) mass is 260 g/mol. The second-order valence-electron chi connectivity index (χ2n) is 4.16. The molecule has 0 radical (unpaired) electrons. The van der Waals surface area contributed by atoms with Crippen molar-refractivity contribution in [2.75, 3.05) is 11.1 Å². The third-order valence-electron chi connectivity index (χ3n) is 2.79. The first kappa shape index (κ1) is 12.9. The number of para-hydroxylation sites is 1. The number of carbonyl (C=O) groups is 1. The summed E-state index contributed by atoms with van der Waals surface area (Å²) in [5, 5.41) is 12.0. The SMILES string of the molecule is Cc1ccc(F)cc1Nc1c(N)cccc1C(=O)O. The first-order valence-corrected chi connectivity index (χ1v) is 5.64. The Kier molecular flexibility index (Phi) is 3.37. The molecule has 0 aliphatic heterocycles. The lowest BCUT2D eigenvalue weighted by Crippen LogP contribution is -2.06. The van der Waals surface area contributed by atoms with Gasteiger partial charge in [0.2, 0.25) is 0 Å². The number of nitrogens with two attached hydrogens (primary N) is 1. The van der Waals surface area contributed by atoms with Crippen LogP contribution in [-0.4, -0.2) is 11.1 Å². The molecule has 0 aromatic heterocycles. The number of aromatic carboxylic acids is 1. The zero-order valence-corrected chi connectivity index (χ0v) is 10.3. The second kappa shape index (κ2) is 4.97. The lowest BCUT2D eigenvalue weighted by Gasteiger charge is -2.14. The Labute approximate surface area is 109 Å².